The molecule has 2 aromatic carbocycles. The van der Waals surface area contributed by atoms with Crippen LogP contribution in [0.1, 0.15) is 30.9 Å². The van der Waals surface area contributed by atoms with E-state index in [9.17, 15) is 13.6 Å². The molecule has 2 aromatic rings. The molecule has 6 heteroatoms. The molecule has 156 valence electrons. The Labute approximate surface area is 181 Å². The molecule has 1 fully saturated rings. The molecule has 0 radical (unpaired) electrons. The number of rotatable bonds is 5. The van der Waals surface area contributed by atoms with E-state index in [-0.39, 0.29) is 18.9 Å². The number of carbonyl (C=O) groups is 1. The summed E-state index contributed by atoms with van der Waals surface area (Å²) in [4.78, 5) is 15.0. The van der Waals surface area contributed by atoms with Crippen molar-refractivity contribution in [1.82, 2.24) is 10.2 Å². The first-order valence-corrected chi connectivity index (χ1v) is 10.4. The van der Waals surface area contributed by atoms with Crippen LogP contribution in [0, 0.1) is 11.6 Å². The fourth-order valence-corrected chi connectivity index (χ4v) is 3.46. The number of hydrogen-bond acceptors (Lipinski definition) is 2. The Balaban J connectivity index is 1.96. The number of hydrogen-bond donors (Lipinski definition) is 1. The van der Waals surface area contributed by atoms with E-state index in [0.29, 0.717) is 27.4 Å². The molecule has 0 unspecified atom stereocenters. The van der Waals surface area contributed by atoms with Gasteiger partial charge in [-0.1, -0.05) is 49.7 Å². The number of unbranched alkanes of at least 4 members (excludes halogenated alkanes) is 1. The third kappa shape index (κ3) is 5.39. The van der Waals surface area contributed by atoms with Crippen LogP contribution in [0.15, 0.2) is 59.7 Å². The summed E-state index contributed by atoms with van der Waals surface area (Å²) in [6, 6.07) is 12.6. The van der Waals surface area contributed by atoms with E-state index in [1.165, 1.54) is 12.1 Å². The molecular weight excluding hydrogens is 402 g/mol. The second-order valence-electron chi connectivity index (χ2n) is 7.15. The number of halogens is 2. The first kappa shape index (κ1) is 21.8. The molecule has 1 aliphatic heterocycles. The molecule has 0 bridgehead atoms. The zero-order valence-electron chi connectivity index (χ0n) is 16.8. The number of Topliss-reactive ketones (excluding diaryl/α,β-unsaturated/α-hetero) is 1. The normalized spacial score (nSPS) is 16.9. The molecule has 1 N–H and O–H groups in total. The van der Waals surface area contributed by atoms with E-state index in [2.05, 4.69) is 12.2 Å². The van der Waals surface area contributed by atoms with Gasteiger partial charge in [-0.25, -0.2) is 8.78 Å². The van der Waals surface area contributed by atoms with Crippen LogP contribution in [0.25, 0.3) is 12.2 Å². The molecule has 0 saturated carbocycles. The second-order valence-corrected chi connectivity index (χ2v) is 7.54. The van der Waals surface area contributed by atoms with E-state index in [1.54, 1.807) is 48.6 Å². The van der Waals surface area contributed by atoms with Crippen LogP contribution in [-0.2, 0) is 4.79 Å². The number of nitrogens with zero attached hydrogens (tertiary/aromatic N) is 1. The SMILES string of the molecule is CCCCNC(=S)N1C/C(=C\c2ccccc2F)C(=O)/C(=C/c2ccccc2F)C1. The number of thiocarbonyl (C=S) groups is 1. The number of carbonyl (C=O) groups excluding carboxylic acids is 1. The molecular formula is C24H24F2N2OS. The first-order chi connectivity index (χ1) is 14.5. The van der Waals surface area contributed by atoms with Crippen molar-refractivity contribution in [2.75, 3.05) is 19.6 Å². The summed E-state index contributed by atoms with van der Waals surface area (Å²) in [6.07, 6.45) is 5.11. The number of likely N-dealkylation sites (tertiary alicyclic amines) is 1. The molecule has 0 aromatic heterocycles. The molecule has 3 rings (SSSR count). The summed E-state index contributed by atoms with van der Waals surface area (Å²) < 4.78 is 28.3. The van der Waals surface area contributed by atoms with Crippen molar-refractivity contribution in [3.05, 3.63) is 82.4 Å². The smallest absolute Gasteiger partial charge is 0.188 e. The maximum Gasteiger partial charge on any atom is 0.188 e. The van der Waals surface area contributed by atoms with Crippen molar-refractivity contribution in [3.8, 4) is 0 Å². The fourth-order valence-electron chi connectivity index (χ4n) is 3.23. The maximum absolute atomic E-state index is 14.2. The van der Waals surface area contributed by atoms with Gasteiger partial charge in [-0.05, 0) is 42.9 Å². The predicted octanol–water partition coefficient (Wildman–Crippen LogP) is 4.99. The Morgan fingerprint density at radius 2 is 1.50 bits per heavy atom. The highest BCUT2D eigenvalue weighted by molar-refractivity contribution is 7.80. The van der Waals surface area contributed by atoms with Crippen molar-refractivity contribution >= 4 is 35.3 Å². The third-order valence-corrected chi connectivity index (χ3v) is 5.27. The van der Waals surface area contributed by atoms with Crippen LogP contribution < -0.4 is 5.32 Å². The van der Waals surface area contributed by atoms with Crippen LogP contribution in [0.2, 0.25) is 0 Å². The molecule has 0 amide bonds. The van der Waals surface area contributed by atoms with Crippen LogP contribution >= 0.6 is 12.2 Å². The lowest BCUT2D eigenvalue weighted by Crippen LogP contribution is -2.46. The van der Waals surface area contributed by atoms with Gasteiger partial charge in [-0.3, -0.25) is 4.79 Å². The van der Waals surface area contributed by atoms with Crippen LogP contribution in [0.4, 0.5) is 8.78 Å². The summed E-state index contributed by atoms with van der Waals surface area (Å²) in [5.41, 5.74) is 1.48. The highest BCUT2D eigenvalue weighted by Crippen LogP contribution is 2.24. The molecule has 0 atom stereocenters. The van der Waals surface area contributed by atoms with E-state index in [0.717, 1.165) is 19.4 Å². The minimum absolute atomic E-state index is 0.228. The van der Waals surface area contributed by atoms with Crippen molar-refractivity contribution in [2.45, 2.75) is 19.8 Å². The van der Waals surface area contributed by atoms with Crippen LogP contribution in [-0.4, -0.2) is 35.4 Å². The number of piperidine rings is 1. The minimum Gasteiger partial charge on any atom is -0.363 e. The molecule has 0 aliphatic carbocycles. The van der Waals surface area contributed by atoms with E-state index < -0.39 is 11.6 Å². The highest BCUT2D eigenvalue weighted by Gasteiger charge is 2.28. The maximum atomic E-state index is 14.2. The average Bonchev–Trinajstić information content (AvgIpc) is 2.74. The summed E-state index contributed by atoms with van der Waals surface area (Å²) in [5, 5.41) is 3.73. The van der Waals surface area contributed by atoms with Gasteiger partial charge < -0.3 is 10.2 Å². The van der Waals surface area contributed by atoms with E-state index in [1.807, 2.05) is 4.90 Å². The molecule has 30 heavy (non-hydrogen) atoms. The molecule has 1 aliphatic rings. The Morgan fingerprint density at radius 3 is 1.97 bits per heavy atom. The van der Waals surface area contributed by atoms with Gasteiger partial charge in [0, 0.05) is 41.9 Å². The lowest BCUT2D eigenvalue weighted by Gasteiger charge is -2.32. The Kier molecular flexibility index (Phi) is 7.46. The lowest BCUT2D eigenvalue weighted by molar-refractivity contribution is -0.113. The molecule has 1 heterocycles. The van der Waals surface area contributed by atoms with Crippen molar-refractivity contribution < 1.29 is 13.6 Å². The number of ketones is 1. The zero-order valence-corrected chi connectivity index (χ0v) is 17.6. The molecule has 1 saturated heterocycles. The Bertz CT molecular complexity index is 933. The second kappa shape index (κ2) is 10.3. The summed E-state index contributed by atoms with van der Waals surface area (Å²) in [6.45, 7) is 3.35. The zero-order chi connectivity index (χ0) is 21.5. The number of benzene rings is 2. The van der Waals surface area contributed by atoms with Crippen LogP contribution in [0.3, 0.4) is 0 Å². The van der Waals surface area contributed by atoms with Crippen molar-refractivity contribution in [2.24, 2.45) is 0 Å². The summed E-state index contributed by atoms with van der Waals surface area (Å²) >= 11 is 5.51. The Morgan fingerprint density at radius 1 is 1.00 bits per heavy atom. The van der Waals surface area contributed by atoms with Gasteiger partial charge in [0.2, 0.25) is 0 Å². The topological polar surface area (TPSA) is 32.3 Å². The van der Waals surface area contributed by atoms with Gasteiger partial charge in [-0.2, -0.15) is 0 Å². The van der Waals surface area contributed by atoms with Gasteiger partial charge in [0.1, 0.15) is 11.6 Å². The monoisotopic (exact) mass is 426 g/mol. The van der Waals surface area contributed by atoms with Gasteiger partial charge >= 0.3 is 0 Å². The summed E-state index contributed by atoms with van der Waals surface area (Å²) in [5.74, 6) is -1.04. The van der Waals surface area contributed by atoms with Crippen molar-refractivity contribution in [1.29, 1.82) is 0 Å². The molecule has 0 spiro atoms. The largest absolute Gasteiger partial charge is 0.363 e. The van der Waals surface area contributed by atoms with E-state index >= 15 is 0 Å². The Hall–Kier alpha value is -2.86. The predicted molar refractivity (Wildman–Crippen MR) is 121 cm³/mol. The van der Waals surface area contributed by atoms with Crippen LogP contribution in [0.5, 0.6) is 0 Å². The minimum atomic E-state index is -0.404. The van der Waals surface area contributed by atoms with Crippen molar-refractivity contribution in [3.63, 3.8) is 0 Å². The molecule has 3 nitrogen and oxygen atoms in total. The summed E-state index contributed by atoms with van der Waals surface area (Å²) in [7, 11) is 0. The average molecular weight is 427 g/mol. The van der Waals surface area contributed by atoms with Gasteiger partial charge in [0.05, 0.1) is 0 Å². The lowest BCUT2D eigenvalue weighted by atomic mass is 9.94. The third-order valence-electron chi connectivity index (χ3n) is 4.87. The fraction of sp³-hybridized carbons (Fsp3) is 0.250. The number of nitrogens with one attached hydrogen (secondary N) is 1. The van der Waals surface area contributed by atoms with E-state index in [4.69, 9.17) is 12.2 Å². The van der Waals surface area contributed by atoms with Gasteiger partial charge in [0.15, 0.2) is 10.9 Å². The van der Waals surface area contributed by atoms with Gasteiger partial charge in [-0.15, -0.1) is 0 Å². The highest BCUT2D eigenvalue weighted by atomic mass is 32.1. The first-order valence-electron chi connectivity index (χ1n) is 9.97. The standard InChI is InChI=1S/C24H24F2N2OS/c1-2-3-12-27-24(30)28-15-19(13-17-8-4-6-10-21(17)25)23(29)20(16-28)14-18-9-5-7-11-22(18)26/h4-11,13-14H,2-3,12,15-16H2,1H3,(H,27,30)/b19-13+,20-14+. The quantitative estimate of drug-likeness (QED) is 0.415. The van der Waals surface area contributed by atoms with Gasteiger partial charge in [0.25, 0.3) is 0 Å².